The van der Waals surface area contributed by atoms with Gasteiger partial charge in [-0.2, -0.15) is 0 Å². The molecule has 0 radical (unpaired) electrons. The van der Waals surface area contributed by atoms with Gasteiger partial charge in [0.15, 0.2) is 0 Å². The molecule has 0 aliphatic heterocycles. The van der Waals surface area contributed by atoms with Crippen molar-refractivity contribution in [3.05, 3.63) is 29.8 Å². The predicted octanol–water partition coefficient (Wildman–Crippen LogP) is 2.06. The van der Waals surface area contributed by atoms with E-state index in [1.165, 1.54) is 0 Å². The summed E-state index contributed by atoms with van der Waals surface area (Å²) in [5.41, 5.74) is 6.81. The summed E-state index contributed by atoms with van der Waals surface area (Å²) in [5, 5.41) is 0. The van der Waals surface area contributed by atoms with Gasteiger partial charge in [0.2, 0.25) is 5.91 Å². The molecule has 0 aliphatic carbocycles. The van der Waals surface area contributed by atoms with Crippen molar-refractivity contribution in [2.45, 2.75) is 26.4 Å². The molecule has 0 aliphatic rings. The number of hydrogen-bond acceptors (Lipinski definition) is 3. The Kier molecular flexibility index (Phi) is 7.49. The SMILES string of the molecule is COc1ccc(CN(C)C(=O)C(C)C(C)N)cc1.Cl. The zero-order chi connectivity index (χ0) is 13.7. The first-order chi connectivity index (χ1) is 8.45. The molecule has 0 spiro atoms. The normalized spacial score (nSPS) is 13.1. The van der Waals surface area contributed by atoms with Crippen LogP contribution in [0.1, 0.15) is 19.4 Å². The quantitative estimate of drug-likeness (QED) is 0.901. The van der Waals surface area contributed by atoms with Gasteiger partial charge in [-0.3, -0.25) is 4.79 Å². The van der Waals surface area contributed by atoms with Crippen molar-refractivity contribution in [3.8, 4) is 5.75 Å². The molecule has 108 valence electrons. The summed E-state index contributed by atoms with van der Waals surface area (Å²) in [4.78, 5) is 13.7. The molecule has 0 heterocycles. The van der Waals surface area contributed by atoms with Crippen LogP contribution in [0.3, 0.4) is 0 Å². The van der Waals surface area contributed by atoms with E-state index in [9.17, 15) is 4.79 Å². The van der Waals surface area contributed by atoms with E-state index in [0.29, 0.717) is 6.54 Å². The van der Waals surface area contributed by atoms with Gasteiger partial charge in [0.05, 0.1) is 13.0 Å². The Balaban J connectivity index is 0.00000324. The standard InChI is InChI=1S/C14H22N2O2.ClH/c1-10(11(2)15)14(17)16(3)9-12-5-7-13(18-4)8-6-12;/h5-8,10-11H,9,15H2,1-4H3;1H. The summed E-state index contributed by atoms with van der Waals surface area (Å²) < 4.78 is 5.09. The molecule has 1 rings (SSSR count). The molecule has 2 unspecified atom stereocenters. The highest BCUT2D eigenvalue weighted by Gasteiger charge is 2.20. The van der Waals surface area contributed by atoms with Crippen LogP contribution in [0.5, 0.6) is 5.75 Å². The third-order valence-corrected chi connectivity index (χ3v) is 3.13. The van der Waals surface area contributed by atoms with Crippen LogP contribution in [0.4, 0.5) is 0 Å². The molecule has 0 fully saturated rings. The molecule has 0 aromatic heterocycles. The molecule has 0 saturated carbocycles. The van der Waals surface area contributed by atoms with E-state index >= 15 is 0 Å². The third kappa shape index (κ3) is 5.09. The number of ether oxygens (including phenoxy) is 1. The van der Waals surface area contributed by atoms with Crippen molar-refractivity contribution in [3.63, 3.8) is 0 Å². The average Bonchev–Trinajstić information content (AvgIpc) is 2.37. The lowest BCUT2D eigenvalue weighted by Crippen LogP contribution is -2.39. The minimum Gasteiger partial charge on any atom is -0.497 e. The van der Waals surface area contributed by atoms with Crippen LogP contribution in [-0.4, -0.2) is 31.0 Å². The van der Waals surface area contributed by atoms with Gasteiger partial charge < -0.3 is 15.4 Å². The van der Waals surface area contributed by atoms with Crippen LogP contribution < -0.4 is 10.5 Å². The Morgan fingerprint density at radius 3 is 2.26 bits per heavy atom. The van der Waals surface area contributed by atoms with Crippen molar-refractivity contribution in [2.75, 3.05) is 14.2 Å². The van der Waals surface area contributed by atoms with E-state index in [-0.39, 0.29) is 30.3 Å². The predicted molar refractivity (Wildman–Crippen MR) is 79.5 cm³/mol. The number of carbonyl (C=O) groups is 1. The maximum absolute atomic E-state index is 12.0. The summed E-state index contributed by atoms with van der Waals surface area (Å²) in [6.45, 7) is 4.29. The lowest BCUT2D eigenvalue weighted by Gasteiger charge is -2.23. The zero-order valence-electron chi connectivity index (χ0n) is 11.9. The lowest BCUT2D eigenvalue weighted by molar-refractivity contribution is -0.134. The molecule has 1 amide bonds. The van der Waals surface area contributed by atoms with Crippen LogP contribution in [0.2, 0.25) is 0 Å². The highest BCUT2D eigenvalue weighted by molar-refractivity contribution is 5.85. The maximum atomic E-state index is 12.0. The van der Waals surface area contributed by atoms with E-state index < -0.39 is 0 Å². The van der Waals surface area contributed by atoms with Crippen molar-refractivity contribution in [2.24, 2.45) is 11.7 Å². The molecule has 5 heteroatoms. The van der Waals surface area contributed by atoms with Crippen LogP contribution in [-0.2, 0) is 11.3 Å². The molecule has 1 aromatic carbocycles. The van der Waals surface area contributed by atoms with Gasteiger partial charge in [-0.15, -0.1) is 12.4 Å². The van der Waals surface area contributed by atoms with Crippen LogP contribution in [0.15, 0.2) is 24.3 Å². The minimum atomic E-state index is -0.159. The number of methoxy groups -OCH3 is 1. The monoisotopic (exact) mass is 286 g/mol. The van der Waals surface area contributed by atoms with Gasteiger partial charge in [-0.25, -0.2) is 0 Å². The van der Waals surface area contributed by atoms with Crippen LogP contribution in [0, 0.1) is 5.92 Å². The van der Waals surface area contributed by atoms with Crippen molar-refractivity contribution in [1.82, 2.24) is 4.90 Å². The molecule has 2 N–H and O–H groups in total. The number of rotatable bonds is 5. The smallest absolute Gasteiger partial charge is 0.226 e. The third-order valence-electron chi connectivity index (χ3n) is 3.13. The average molecular weight is 287 g/mol. The van der Waals surface area contributed by atoms with Gasteiger partial charge in [0.25, 0.3) is 0 Å². The van der Waals surface area contributed by atoms with Crippen LogP contribution >= 0.6 is 12.4 Å². The summed E-state index contributed by atoms with van der Waals surface area (Å²) in [6, 6.07) is 7.57. The van der Waals surface area contributed by atoms with Crippen molar-refractivity contribution >= 4 is 18.3 Å². The molecular weight excluding hydrogens is 264 g/mol. The number of halogens is 1. The van der Waals surface area contributed by atoms with Gasteiger partial charge >= 0.3 is 0 Å². The molecule has 2 atom stereocenters. The number of hydrogen-bond donors (Lipinski definition) is 1. The molecule has 19 heavy (non-hydrogen) atoms. The summed E-state index contributed by atoms with van der Waals surface area (Å²) in [5.74, 6) is 0.728. The maximum Gasteiger partial charge on any atom is 0.226 e. The van der Waals surface area contributed by atoms with Crippen molar-refractivity contribution in [1.29, 1.82) is 0 Å². The minimum absolute atomic E-state index is 0. The van der Waals surface area contributed by atoms with E-state index in [2.05, 4.69) is 0 Å². The first kappa shape index (κ1) is 17.7. The Morgan fingerprint density at radius 2 is 1.84 bits per heavy atom. The first-order valence-corrected chi connectivity index (χ1v) is 6.09. The number of nitrogens with two attached hydrogens (primary N) is 1. The first-order valence-electron chi connectivity index (χ1n) is 6.09. The molecule has 0 saturated heterocycles. The van der Waals surface area contributed by atoms with Gasteiger partial charge in [-0.05, 0) is 24.6 Å². The molecule has 4 nitrogen and oxygen atoms in total. The molecule has 1 aromatic rings. The summed E-state index contributed by atoms with van der Waals surface area (Å²) in [6.07, 6.45) is 0. The Hall–Kier alpha value is -1.26. The van der Waals surface area contributed by atoms with Gasteiger partial charge in [0.1, 0.15) is 5.75 Å². The van der Waals surface area contributed by atoms with E-state index in [0.717, 1.165) is 11.3 Å². The van der Waals surface area contributed by atoms with E-state index in [4.69, 9.17) is 10.5 Å². The highest BCUT2D eigenvalue weighted by atomic mass is 35.5. The summed E-state index contributed by atoms with van der Waals surface area (Å²) in [7, 11) is 3.43. The highest BCUT2D eigenvalue weighted by Crippen LogP contribution is 2.14. The van der Waals surface area contributed by atoms with Gasteiger partial charge in [-0.1, -0.05) is 19.1 Å². The molecular formula is C14H23ClN2O2. The summed E-state index contributed by atoms with van der Waals surface area (Å²) >= 11 is 0. The second-order valence-corrected chi connectivity index (χ2v) is 4.69. The number of nitrogens with zero attached hydrogens (tertiary/aromatic N) is 1. The fraction of sp³-hybridized carbons (Fsp3) is 0.500. The number of carbonyl (C=O) groups excluding carboxylic acids is 1. The Labute approximate surface area is 121 Å². The lowest BCUT2D eigenvalue weighted by atomic mass is 10.0. The van der Waals surface area contributed by atoms with Crippen molar-refractivity contribution < 1.29 is 9.53 Å². The van der Waals surface area contributed by atoms with Crippen LogP contribution in [0.25, 0.3) is 0 Å². The Morgan fingerprint density at radius 1 is 1.32 bits per heavy atom. The Bertz CT molecular complexity index is 393. The van der Waals surface area contributed by atoms with Gasteiger partial charge in [0, 0.05) is 19.6 Å². The second-order valence-electron chi connectivity index (χ2n) is 4.69. The van der Waals surface area contributed by atoms with E-state index in [1.807, 2.05) is 38.1 Å². The molecule has 0 bridgehead atoms. The number of benzene rings is 1. The fourth-order valence-electron chi connectivity index (χ4n) is 1.66. The largest absolute Gasteiger partial charge is 0.497 e. The zero-order valence-corrected chi connectivity index (χ0v) is 12.7. The second kappa shape index (κ2) is 8.02. The number of amides is 1. The van der Waals surface area contributed by atoms with E-state index in [1.54, 1.807) is 19.1 Å². The topological polar surface area (TPSA) is 55.6 Å². The fourth-order valence-corrected chi connectivity index (χ4v) is 1.66.